The summed E-state index contributed by atoms with van der Waals surface area (Å²) in [5.74, 6) is 0. The maximum atomic E-state index is 5.65. The number of hydrogen-bond acceptors (Lipinski definition) is 1. The van der Waals surface area contributed by atoms with Crippen LogP contribution in [-0.2, 0) is 0 Å². The molecule has 2 aromatic rings. The van der Waals surface area contributed by atoms with E-state index in [1.54, 1.807) is 10.9 Å². The lowest BCUT2D eigenvalue weighted by Crippen LogP contribution is -1.84. The quantitative estimate of drug-likeness (QED) is 0.574. The molecule has 2 radical (unpaired) electrons. The Hall–Kier alpha value is -1.31. The van der Waals surface area contributed by atoms with Crippen molar-refractivity contribution >= 4 is 11.0 Å². The maximum absolute atomic E-state index is 5.65. The van der Waals surface area contributed by atoms with Gasteiger partial charge in [0, 0.05) is 0 Å². The van der Waals surface area contributed by atoms with Crippen LogP contribution in [0.2, 0.25) is 0 Å². The molecule has 12 heavy (non-hydrogen) atoms. The third-order valence-corrected chi connectivity index (χ3v) is 2.19. The fourth-order valence-electron chi connectivity index (χ4n) is 1.28. The fourth-order valence-corrected chi connectivity index (χ4v) is 1.28. The van der Waals surface area contributed by atoms with E-state index in [1.807, 2.05) is 6.07 Å². The molecule has 60 valence electrons. The Morgan fingerprint density at radius 1 is 1.25 bits per heavy atom. The molecule has 0 saturated carbocycles. The Morgan fingerprint density at radius 2 is 1.92 bits per heavy atom. The molecule has 1 heterocycles. The molecule has 0 unspecified atom stereocenters. The number of nitrogens with zero attached hydrogens (tertiary/aromatic N) is 2. The molecule has 0 spiro atoms. The lowest BCUT2D eigenvalue weighted by molar-refractivity contribution is 1.10. The SMILES string of the molecule is [CH]n1cnc2cc(C)c(C)cc21. The third kappa shape index (κ3) is 0.916. The normalized spacial score (nSPS) is 10.9. The van der Waals surface area contributed by atoms with Crippen LogP contribution in [0.15, 0.2) is 18.5 Å². The van der Waals surface area contributed by atoms with Gasteiger partial charge in [-0.2, -0.15) is 0 Å². The molecule has 0 aliphatic carbocycles. The molecule has 2 nitrogen and oxygen atoms in total. The molecule has 0 aliphatic rings. The van der Waals surface area contributed by atoms with Gasteiger partial charge in [-0.05, 0) is 37.1 Å². The van der Waals surface area contributed by atoms with Crippen molar-refractivity contribution in [1.82, 2.24) is 9.55 Å². The van der Waals surface area contributed by atoms with Gasteiger partial charge in [-0.3, -0.25) is 0 Å². The van der Waals surface area contributed by atoms with Crippen LogP contribution in [-0.4, -0.2) is 9.55 Å². The number of rotatable bonds is 0. The first-order valence-corrected chi connectivity index (χ1v) is 3.88. The van der Waals surface area contributed by atoms with Gasteiger partial charge in [0.15, 0.2) is 0 Å². The summed E-state index contributed by atoms with van der Waals surface area (Å²) < 4.78 is 1.54. The van der Waals surface area contributed by atoms with Crippen molar-refractivity contribution in [3.8, 4) is 0 Å². The molecule has 0 bridgehead atoms. The molecule has 0 atom stereocenters. The second-order valence-electron chi connectivity index (χ2n) is 3.08. The van der Waals surface area contributed by atoms with Crippen molar-refractivity contribution in [1.29, 1.82) is 0 Å². The van der Waals surface area contributed by atoms with Gasteiger partial charge < -0.3 is 4.57 Å². The highest BCUT2D eigenvalue weighted by Gasteiger charge is 2.01. The first kappa shape index (κ1) is 7.35. The minimum Gasteiger partial charge on any atom is -0.323 e. The minimum absolute atomic E-state index is 0.959. The van der Waals surface area contributed by atoms with Crippen LogP contribution in [0.5, 0.6) is 0 Å². The number of fused-ring (bicyclic) bond motifs is 1. The van der Waals surface area contributed by atoms with Crippen LogP contribution in [0.3, 0.4) is 0 Å². The summed E-state index contributed by atoms with van der Waals surface area (Å²) in [4.78, 5) is 4.16. The van der Waals surface area contributed by atoms with Crippen LogP contribution in [0.4, 0.5) is 0 Å². The molecule has 1 aromatic heterocycles. The van der Waals surface area contributed by atoms with Crippen molar-refractivity contribution in [2.24, 2.45) is 0 Å². The topological polar surface area (TPSA) is 17.8 Å². The van der Waals surface area contributed by atoms with Crippen LogP contribution >= 0.6 is 0 Å². The number of benzene rings is 1. The zero-order chi connectivity index (χ0) is 8.72. The van der Waals surface area contributed by atoms with E-state index in [2.05, 4.69) is 24.9 Å². The Bertz CT molecular complexity index is 427. The van der Waals surface area contributed by atoms with E-state index in [0.717, 1.165) is 11.0 Å². The van der Waals surface area contributed by atoms with Crippen molar-refractivity contribution < 1.29 is 0 Å². The largest absolute Gasteiger partial charge is 0.323 e. The Kier molecular flexibility index (Phi) is 1.43. The monoisotopic (exact) mass is 158 g/mol. The summed E-state index contributed by atoms with van der Waals surface area (Å²) in [6, 6.07) is 4.10. The predicted octanol–water partition coefficient (Wildman–Crippen LogP) is 2.17. The summed E-state index contributed by atoms with van der Waals surface area (Å²) in [6.45, 7) is 4.14. The van der Waals surface area contributed by atoms with E-state index in [1.165, 1.54) is 11.1 Å². The van der Waals surface area contributed by atoms with E-state index in [0.29, 0.717) is 0 Å². The summed E-state index contributed by atoms with van der Waals surface area (Å²) in [5, 5.41) is 0. The molecule has 1 aromatic carbocycles. The van der Waals surface area contributed by atoms with Gasteiger partial charge >= 0.3 is 0 Å². The number of aromatic nitrogens is 2. The van der Waals surface area contributed by atoms with Crippen molar-refractivity contribution in [2.45, 2.75) is 13.8 Å². The molecule has 0 saturated heterocycles. The van der Waals surface area contributed by atoms with Gasteiger partial charge in [0.25, 0.3) is 0 Å². The first-order chi connectivity index (χ1) is 5.68. The van der Waals surface area contributed by atoms with Crippen molar-refractivity contribution in [2.75, 3.05) is 0 Å². The number of imidazole rings is 1. The van der Waals surface area contributed by atoms with Gasteiger partial charge in [0.1, 0.15) is 0 Å². The average molecular weight is 158 g/mol. The summed E-state index contributed by atoms with van der Waals surface area (Å²) >= 11 is 0. The molecular weight excluding hydrogens is 148 g/mol. The minimum atomic E-state index is 0.959. The molecule has 0 fully saturated rings. The predicted molar refractivity (Wildman–Crippen MR) is 48.9 cm³/mol. The van der Waals surface area contributed by atoms with E-state index in [4.69, 9.17) is 7.05 Å². The summed E-state index contributed by atoms with van der Waals surface area (Å²) in [7, 11) is 5.65. The highest BCUT2D eigenvalue weighted by Crippen LogP contribution is 2.17. The van der Waals surface area contributed by atoms with Gasteiger partial charge in [0.05, 0.1) is 24.4 Å². The third-order valence-electron chi connectivity index (χ3n) is 2.19. The Labute approximate surface area is 71.8 Å². The summed E-state index contributed by atoms with van der Waals surface area (Å²) in [5.41, 5.74) is 4.44. The highest BCUT2D eigenvalue weighted by molar-refractivity contribution is 5.77. The molecule has 2 rings (SSSR count). The van der Waals surface area contributed by atoms with Gasteiger partial charge in [0.2, 0.25) is 0 Å². The van der Waals surface area contributed by atoms with Gasteiger partial charge in [-0.15, -0.1) is 0 Å². The van der Waals surface area contributed by atoms with Gasteiger partial charge in [-0.1, -0.05) is 0 Å². The van der Waals surface area contributed by atoms with Crippen LogP contribution in [0.1, 0.15) is 11.1 Å². The maximum Gasteiger partial charge on any atom is 0.0962 e. The van der Waals surface area contributed by atoms with Crippen LogP contribution in [0.25, 0.3) is 11.0 Å². The number of aryl methyl sites for hydroxylation is 2. The molecule has 0 amide bonds. The molecular formula is C10H10N2. The average Bonchev–Trinajstić information content (AvgIpc) is 2.35. The van der Waals surface area contributed by atoms with Gasteiger partial charge in [-0.25, -0.2) is 4.98 Å². The number of hydrogen-bond donors (Lipinski definition) is 0. The van der Waals surface area contributed by atoms with Crippen molar-refractivity contribution in [3.63, 3.8) is 0 Å². The lowest BCUT2D eigenvalue weighted by atomic mass is 10.1. The standard InChI is InChI=1S/C10H10N2/c1-7-4-9-10(5-8(7)2)12(3)6-11-9/h3-6H,1-2H3. The zero-order valence-corrected chi connectivity index (χ0v) is 7.20. The second-order valence-corrected chi connectivity index (χ2v) is 3.08. The molecule has 2 heteroatoms. The Balaban J connectivity index is 2.87. The van der Waals surface area contributed by atoms with E-state index in [9.17, 15) is 0 Å². The molecule has 0 aliphatic heterocycles. The zero-order valence-electron chi connectivity index (χ0n) is 7.20. The molecule has 0 N–H and O–H groups in total. The van der Waals surface area contributed by atoms with E-state index in [-0.39, 0.29) is 0 Å². The van der Waals surface area contributed by atoms with E-state index >= 15 is 0 Å². The first-order valence-electron chi connectivity index (χ1n) is 3.88. The van der Waals surface area contributed by atoms with Crippen molar-refractivity contribution in [3.05, 3.63) is 36.6 Å². The van der Waals surface area contributed by atoms with Crippen LogP contribution < -0.4 is 0 Å². The highest BCUT2D eigenvalue weighted by atomic mass is 15.0. The summed E-state index contributed by atoms with van der Waals surface area (Å²) in [6.07, 6.45) is 1.63. The fraction of sp³-hybridized carbons (Fsp3) is 0.200. The second kappa shape index (κ2) is 2.34. The van der Waals surface area contributed by atoms with Crippen LogP contribution in [0, 0.1) is 20.9 Å². The smallest absolute Gasteiger partial charge is 0.0962 e. The Morgan fingerprint density at radius 3 is 2.67 bits per heavy atom. The lowest BCUT2D eigenvalue weighted by Gasteiger charge is -1.99. The van der Waals surface area contributed by atoms with E-state index < -0.39 is 0 Å².